The molecule has 1 amide bonds. The highest BCUT2D eigenvalue weighted by molar-refractivity contribution is 8.00. The van der Waals surface area contributed by atoms with Gasteiger partial charge in [-0.2, -0.15) is 0 Å². The van der Waals surface area contributed by atoms with E-state index in [1.807, 2.05) is 36.4 Å². The van der Waals surface area contributed by atoms with Gasteiger partial charge >= 0.3 is 0 Å². The number of carbonyl (C=O) groups is 1. The van der Waals surface area contributed by atoms with E-state index in [0.29, 0.717) is 6.41 Å². The number of carbonyl (C=O) groups excluding carboxylic acids is 1. The Hall–Kier alpha value is -2.53. The van der Waals surface area contributed by atoms with Crippen LogP contribution in [0.3, 0.4) is 0 Å². The zero-order chi connectivity index (χ0) is 15.4. The van der Waals surface area contributed by atoms with Crippen LogP contribution in [-0.2, 0) is 4.79 Å². The second-order valence-corrected chi connectivity index (χ2v) is 5.48. The van der Waals surface area contributed by atoms with Crippen molar-refractivity contribution < 1.29 is 9.18 Å². The molecule has 2 N–H and O–H groups in total. The molecule has 0 bridgehead atoms. The Morgan fingerprint density at radius 3 is 2.36 bits per heavy atom. The highest BCUT2D eigenvalue weighted by atomic mass is 32.2. The maximum absolute atomic E-state index is 12.9. The average molecular weight is 312 g/mol. The van der Waals surface area contributed by atoms with E-state index < -0.39 is 0 Å². The molecule has 0 aliphatic rings. The van der Waals surface area contributed by atoms with Crippen molar-refractivity contribution >= 4 is 40.5 Å². The first-order valence-electron chi connectivity index (χ1n) is 6.68. The van der Waals surface area contributed by atoms with Gasteiger partial charge in [0.05, 0.1) is 0 Å². The van der Waals surface area contributed by atoms with E-state index in [2.05, 4.69) is 10.0 Å². The van der Waals surface area contributed by atoms with E-state index >= 15 is 0 Å². The van der Waals surface area contributed by atoms with Crippen LogP contribution in [-0.4, -0.2) is 6.41 Å². The van der Waals surface area contributed by atoms with Gasteiger partial charge < -0.3 is 10.0 Å². The number of amides is 1. The SMILES string of the molecule is O=CNc1ccc(SNc2ccc(F)cc2)c2ccccc12. The fourth-order valence-electron chi connectivity index (χ4n) is 2.18. The molecule has 0 aliphatic heterocycles. The lowest BCUT2D eigenvalue weighted by molar-refractivity contribution is -0.105. The fraction of sp³-hybridized carbons (Fsp3) is 0. The van der Waals surface area contributed by atoms with E-state index in [0.717, 1.165) is 27.0 Å². The van der Waals surface area contributed by atoms with Crippen LogP contribution in [0.5, 0.6) is 0 Å². The Morgan fingerprint density at radius 2 is 1.64 bits per heavy atom. The standard InChI is InChI=1S/C17H13FN2OS/c18-12-5-7-13(8-6-12)20-22-17-10-9-16(19-11-21)14-3-1-2-4-15(14)17/h1-11,20H,(H,19,21). The zero-order valence-electron chi connectivity index (χ0n) is 11.5. The molecule has 0 heterocycles. The van der Waals surface area contributed by atoms with Crippen molar-refractivity contribution in [2.75, 3.05) is 10.0 Å². The summed E-state index contributed by atoms with van der Waals surface area (Å²) in [5, 5.41) is 4.71. The molecule has 3 aromatic carbocycles. The van der Waals surface area contributed by atoms with Gasteiger partial charge in [-0.3, -0.25) is 4.79 Å². The zero-order valence-corrected chi connectivity index (χ0v) is 12.4. The number of hydrogen-bond acceptors (Lipinski definition) is 3. The predicted octanol–water partition coefficient (Wildman–Crippen LogP) is 4.67. The van der Waals surface area contributed by atoms with E-state index in [4.69, 9.17) is 0 Å². The number of nitrogens with one attached hydrogen (secondary N) is 2. The van der Waals surface area contributed by atoms with Crippen molar-refractivity contribution in [3.63, 3.8) is 0 Å². The van der Waals surface area contributed by atoms with Crippen LogP contribution in [0.15, 0.2) is 65.6 Å². The molecule has 3 nitrogen and oxygen atoms in total. The summed E-state index contributed by atoms with van der Waals surface area (Å²) in [6.45, 7) is 0. The van der Waals surface area contributed by atoms with Gasteiger partial charge in [0.1, 0.15) is 5.82 Å². The highest BCUT2D eigenvalue weighted by Crippen LogP contribution is 2.33. The van der Waals surface area contributed by atoms with E-state index in [1.54, 1.807) is 12.1 Å². The Bertz CT molecular complexity index is 805. The number of hydrogen-bond donors (Lipinski definition) is 2. The van der Waals surface area contributed by atoms with E-state index in [9.17, 15) is 9.18 Å². The predicted molar refractivity (Wildman–Crippen MR) is 89.5 cm³/mol. The Kier molecular flexibility index (Phi) is 4.25. The first-order chi connectivity index (χ1) is 10.8. The molecule has 0 fully saturated rings. The fourth-order valence-corrected chi connectivity index (χ4v) is 2.97. The van der Waals surface area contributed by atoms with Crippen molar-refractivity contribution in [3.8, 4) is 0 Å². The molecule has 5 heteroatoms. The Labute approximate surface area is 131 Å². The molecular weight excluding hydrogens is 299 g/mol. The van der Waals surface area contributed by atoms with Crippen LogP contribution in [0.4, 0.5) is 15.8 Å². The third-order valence-corrected chi connectivity index (χ3v) is 4.14. The van der Waals surface area contributed by atoms with Gasteiger partial charge in [0.25, 0.3) is 0 Å². The first kappa shape index (κ1) is 14.4. The van der Waals surface area contributed by atoms with Crippen LogP contribution in [0.1, 0.15) is 0 Å². The lowest BCUT2D eigenvalue weighted by Gasteiger charge is -2.11. The second kappa shape index (κ2) is 6.49. The minimum atomic E-state index is -0.259. The summed E-state index contributed by atoms with van der Waals surface area (Å²) in [6, 6.07) is 17.9. The second-order valence-electron chi connectivity index (χ2n) is 4.63. The normalized spacial score (nSPS) is 10.4. The Balaban J connectivity index is 1.89. The largest absolute Gasteiger partial charge is 0.328 e. The molecule has 0 atom stereocenters. The summed E-state index contributed by atoms with van der Waals surface area (Å²) in [5.74, 6) is -0.259. The first-order valence-corrected chi connectivity index (χ1v) is 7.50. The van der Waals surface area contributed by atoms with Crippen LogP contribution < -0.4 is 10.0 Å². The van der Waals surface area contributed by atoms with Crippen molar-refractivity contribution in [2.24, 2.45) is 0 Å². The summed E-state index contributed by atoms with van der Waals surface area (Å²) in [5.41, 5.74) is 1.60. The van der Waals surface area contributed by atoms with Crippen molar-refractivity contribution in [1.82, 2.24) is 0 Å². The molecule has 0 radical (unpaired) electrons. The molecule has 0 saturated carbocycles. The minimum absolute atomic E-state index is 0.259. The highest BCUT2D eigenvalue weighted by Gasteiger charge is 2.06. The number of benzene rings is 3. The minimum Gasteiger partial charge on any atom is -0.328 e. The van der Waals surface area contributed by atoms with Gasteiger partial charge in [0.15, 0.2) is 0 Å². The molecule has 110 valence electrons. The summed E-state index contributed by atoms with van der Waals surface area (Å²) in [4.78, 5) is 11.7. The molecule has 0 aliphatic carbocycles. The van der Waals surface area contributed by atoms with Crippen molar-refractivity contribution in [1.29, 1.82) is 0 Å². The third-order valence-electron chi connectivity index (χ3n) is 3.22. The number of halogens is 1. The molecule has 22 heavy (non-hydrogen) atoms. The van der Waals surface area contributed by atoms with Gasteiger partial charge in [-0.15, -0.1) is 0 Å². The smallest absolute Gasteiger partial charge is 0.211 e. The maximum atomic E-state index is 12.9. The molecule has 0 unspecified atom stereocenters. The molecule has 0 saturated heterocycles. The van der Waals surface area contributed by atoms with Crippen LogP contribution >= 0.6 is 11.9 Å². The summed E-state index contributed by atoms with van der Waals surface area (Å²) < 4.78 is 16.1. The van der Waals surface area contributed by atoms with Crippen molar-refractivity contribution in [3.05, 3.63) is 66.5 Å². The lowest BCUT2D eigenvalue weighted by Crippen LogP contribution is -1.95. The van der Waals surface area contributed by atoms with Crippen molar-refractivity contribution in [2.45, 2.75) is 4.90 Å². The third kappa shape index (κ3) is 3.04. The van der Waals surface area contributed by atoms with Crippen LogP contribution in [0.2, 0.25) is 0 Å². The number of rotatable bonds is 5. The molecule has 3 aromatic rings. The number of anilines is 2. The summed E-state index contributed by atoms with van der Waals surface area (Å²) >= 11 is 1.45. The number of fused-ring (bicyclic) bond motifs is 1. The molecule has 3 rings (SSSR count). The van der Waals surface area contributed by atoms with Gasteiger partial charge in [-0.1, -0.05) is 24.3 Å². The van der Waals surface area contributed by atoms with Gasteiger partial charge in [0, 0.05) is 21.7 Å². The van der Waals surface area contributed by atoms with E-state index in [1.165, 1.54) is 24.1 Å². The molecule has 0 spiro atoms. The molecular formula is C17H13FN2OS. The van der Waals surface area contributed by atoms with Gasteiger partial charge in [0.2, 0.25) is 6.41 Å². The summed E-state index contributed by atoms with van der Waals surface area (Å²) in [6.07, 6.45) is 0.672. The van der Waals surface area contributed by atoms with Crippen LogP contribution in [0.25, 0.3) is 10.8 Å². The molecule has 0 aromatic heterocycles. The summed E-state index contributed by atoms with van der Waals surface area (Å²) in [7, 11) is 0. The lowest BCUT2D eigenvalue weighted by atomic mass is 10.1. The quantitative estimate of drug-likeness (QED) is 0.531. The van der Waals surface area contributed by atoms with Gasteiger partial charge in [-0.05, 0) is 53.7 Å². The van der Waals surface area contributed by atoms with Gasteiger partial charge in [-0.25, -0.2) is 4.39 Å². The maximum Gasteiger partial charge on any atom is 0.211 e. The average Bonchev–Trinajstić information content (AvgIpc) is 2.56. The van der Waals surface area contributed by atoms with E-state index in [-0.39, 0.29) is 5.82 Å². The van der Waals surface area contributed by atoms with Crippen LogP contribution in [0, 0.1) is 5.82 Å². The Morgan fingerprint density at radius 1 is 0.909 bits per heavy atom. The monoisotopic (exact) mass is 312 g/mol. The topological polar surface area (TPSA) is 41.1 Å².